The molecule has 1 amide bonds. The number of halogens is 3. The molecule has 0 aliphatic carbocycles. The quantitative estimate of drug-likeness (QED) is 0.227. The van der Waals surface area contributed by atoms with Gasteiger partial charge in [0.25, 0.3) is 0 Å². The Kier molecular flexibility index (Phi) is 13.0. The zero-order valence-corrected chi connectivity index (χ0v) is 22.9. The van der Waals surface area contributed by atoms with E-state index in [1.54, 1.807) is 37.7 Å². The number of amides is 1. The van der Waals surface area contributed by atoms with E-state index >= 15 is 0 Å². The van der Waals surface area contributed by atoms with Gasteiger partial charge >= 0.3 is 12.1 Å². The number of carbonyl (C=O) groups excluding carboxylic acids is 2. The molecule has 10 nitrogen and oxygen atoms in total. The van der Waals surface area contributed by atoms with Gasteiger partial charge in [0.15, 0.2) is 23.2 Å². The highest BCUT2D eigenvalue weighted by Gasteiger charge is 2.38. The smallest absolute Gasteiger partial charge is 0.490 e. The molecule has 0 saturated heterocycles. The molecular formula is C29H31F3N4O6. The number of aliphatic carboxylic acids is 1. The first-order valence-electron chi connectivity index (χ1n) is 12.5. The van der Waals surface area contributed by atoms with Gasteiger partial charge in [-0.2, -0.15) is 13.2 Å². The maximum atomic E-state index is 13.0. The average molecular weight is 589 g/mol. The summed E-state index contributed by atoms with van der Waals surface area (Å²) in [6.07, 6.45) is -0.347. The first-order valence-corrected chi connectivity index (χ1v) is 12.5. The van der Waals surface area contributed by atoms with Crippen LogP contribution < -0.4 is 20.5 Å². The van der Waals surface area contributed by atoms with Crippen molar-refractivity contribution in [2.75, 3.05) is 14.2 Å². The minimum Gasteiger partial charge on any atom is -0.493 e. The van der Waals surface area contributed by atoms with Crippen LogP contribution in [0.2, 0.25) is 0 Å². The van der Waals surface area contributed by atoms with Crippen molar-refractivity contribution in [3.8, 4) is 11.5 Å². The first-order chi connectivity index (χ1) is 19.9. The highest BCUT2D eigenvalue weighted by Crippen LogP contribution is 2.27. The third-order valence-electron chi connectivity index (χ3n) is 5.67. The van der Waals surface area contributed by atoms with Gasteiger partial charge < -0.3 is 20.3 Å². The molecular weight excluding hydrogens is 557 g/mol. The molecule has 3 rings (SSSR count). The Bertz CT molecular complexity index is 1350. The number of guanidine groups is 1. The molecule has 0 aliphatic rings. The fourth-order valence-electron chi connectivity index (χ4n) is 3.62. The topological polar surface area (TPSA) is 153 Å². The first kappa shape index (κ1) is 33.3. The lowest BCUT2D eigenvalue weighted by Gasteiger charge is -2.14. The van der Waals surface area contributed by atoms with Crippen molar-refractivity contribution in [2.24, 2.45) is 10.7 Å². The minimum atomic E-state index is -5.08. The number of nitrogens with zero attached hydrogens (tertiary/aromatic N) is 2. The van der Waals surface area contributed by atoms with Crippen LogP contribution in [0.15, 0.2) is 78.0 Å². The van der Waals surface area contributed by atoms with E-state index in [2.05, 4.69) is 15.3 Å². The van der Waals surface area contributed by atoms with Crippen molar-refractivity contribution in [1.82, 2.24) is 10.3 Å². The summed E-state index contributed by atoms with van der Waals surface area (Å²) in [7, 11) is 3.08. The number of carboxylic acid groups (broad SMARTS) is 1. The highest BCUT2D eigenvalue weighted by molar-refractivity contribution is 5.98. The largest absolute Gasteiger partial charge is 0.493 e. The van der Waals surface area contributed by atoms with Gasteiger partial charge in [-0.25, -0.2) is 9.79 Å². The fourth-order valence-corrected chi connectivity index (χ4v) is 3.62. The van der Waals surface area contributed by atoms with Crippen LogP contribution in [0.4, 0.5) is 13.2 Å². The standard InChI is InChI=1S/C27H30N4O4.C2HF3O2/c1-34-24-11-9-21(17-25(24)35-2)18-26(33)31-27(28)30-22(16-20-6-4-3-5-7-20)23(32)10-8-19-12-14-29-15-13-19;3-2(4,5)1(6)7/h3-7,9,11-15,17,22H,8,10,16,18H2,1-2H3,(H3,28,30,31,33);(H,6,7)/t22-;/m1./s1. The van der Waals surface area contributed by atoms with Crippen LogP contribution in [-0.4, -0.2) is 60.1 Å². The number of nitrogens with two attached hydrogens (primary N) is 1. The second kappa shape index (κ2) is 16.4. The third kappa shape index (κ3) is 11.7. The summed E-state index contributed by atoms with van der Waals surface area (Å²) in [6, 6.07) is 17.9. The molecule has 224 valence electrons. The van der Waals surface area contributed by atoms with Gasteiger partial charge in [-0.05, 0) is 47.4 Å². The van der Waals surface area contributed by atoms with Gasteiger partial charge in [0.2, 0.25) is 5.91 Å². The molecule has 0 bridgehead atoms. The molecule has 0 aliphatic heterocycles. The summed E-state index contributed by atoms with van der Waals surface area (Å²) in [5, 5.41) is 9.72. The zero-order chi connectivity index (χ0) is 31.1. The Labute approximate surface area is 240 Å². The number of nitrogens with one attached hydrogen (secondary N) is 1. The van der Waals surface area contributed by atoms with Crippen molar-refractivity contribution in [2.45, 2.75) is 37.9 Å². The van der Waals surface area contributed by atoms with Crippen molar-refractivity contribution in [1.29, 1.82) is 0 Å². The Balaban J connectivity index is 0.000000782. The highest BCUT2D eigenvalue weighted by atomic mass is 19.4. The number of hydrogen-bond donors (Lipinski definition) is 3. The molecule has 42 heavy (non-hydrogen) atoms. The molecule has 1 heterocycles. The van der Waals surface area contributed by atoms with Crippen LogP contribution in [0, 0.1) is 0 Å². The Morgan fingerprint density at radius 2 is 1.57 bits per heavy atom. The SMILES string of the molecule is COc1ccc(CC(=O)NC(N)=N[C@H](Cc2ccccc2)C(=O)CCc2ccncc2)cc1OC.O=C(O)C(F)(F)F. The molecule has 13 heteroatoms. The minimum absolute atomic E-state index is 0.0530. The maximum Gasteiger partial charge on any atom is 0.490 e. The van der Waals surface area contributed by atoms with E-state index in [1.807, 2.05) is 42.5 Å². The predicted molar refractivity (Wildman–Crippen MR) is 148 cm³/mol. The summed E-state index contributed by atoms with van der Waals surface area (Å²) in [6.45, 7) is 0. The molecule has 4 N–H and O–H groups in total. The van der Waals surface area contributed by atoms with E-state index in [-0.39, 0.29) is 24.1 Å². The van der Waals surface area contributed by atoms with E-state index in [9.17, 15) is 22.8 Å². The van der Waals surface area contributed by atoms with Gasteiger partial charge in [-0.15, -0.1) is 0 Å². The van der Waals surface area contributed by atoms with Crippen molar-refractivity contribution in [3.05, 3.63) is 89.7 Å². The van der Waals surface area contributed by atoms with E-state index in [0.29, 0.717) is 30.8 Å². The number of aliphatic imine (C=N–C) groups is 1. The number of benzene rings is 2. The maximum absolute atomic E-state index is 13.0. The van der Waals surface area contributed by atoms with Crippen molar-refractivity contribution >= 4 is 23.6 Å². The number of aromatic nitrogens is 1. The number of hydrogen-bond acceptors (Lipinski definition) is 7. The monoisotopic (exact) mass is 588 g/mol. The molecule has 1 atom stereocenters. The molecule has 0 saturated carbocycles. The number of rotatable bonds is 11. The van der Waals surface area contributed by atoms with E-state index in [1.165, 1.54) is 7.11 Å². The number of ether oxygens (including phenoxy) is 2. The van der Waals surface area contributed by atoms with Crippen LogP contribution in [0.5, 0.6) is 11.5 Å². The lowest BCUT2D eigenvalue weighted by Crippen LogP contribution is -2.40. The van der Waals surface area contributed by atoms with Crippen LogP contribution in [0.1, 0.15) is 23.1 Å². The van der Waals surface area contributed by atoms with Crippen LogP contribution in [-0.2, 0) is 33.6 Å². The Morgan fingerprint density at radius 1 is 0.952 bits per heavy atom. The number of pyridine rings is 1. The molecule has 0 radical (unpaired) electrons. The molecule has 1 aromatic heterocycles. The van der Waals surface area contributed by atoms with Crippen LogP contribution in [0.25, 0.3) is 0 Å². The van der Waals surface area contributed by atoms with Gasteiger partial charge in [0.05, 0.1) is 20.6 Å². The van der Waals surface area contributed by atoms with Crippen molar-refractivity contribution < 1.29 is 42.1 Å². The number of carbonyl (C=O) groups is 3. The average Bonchev–Trinajstić information content (AvgIpc) is 2.96. The van der Waals surface area contributed by atoms with Crippen molar-refractivity contribution in [3.63, 3.8) is 0 Å². The number of ketones is 1. The van der Waals surface area contributed by atoms with Gasteiger partial charge in [0.1, 0.15) is 6.04 Å². The molecule has 3 aromatic rings. The number of alkyl halides is 3. The number of aryl methyl sites for hydroxylation is 1. The van der Waals surface area contributed by atoms with E-state index in [4.69, 9.17) is 25.1 Å². The summed E-state index contributed by atoms with van der Waals surface area (Å²) in [5.74, 6) is -2.14. The van der Waals surface area contributed by atoms with E-state index < -0.39 is 18.2 Å². The number of Topliss-reactive ketones (excluding diaryl/α,β-unsaturated/α-hetero) is 1. The summed E-state index contributed by atoms with van der Waals surface area (Å²) in [5.41, 5.74) is 8.75. The van der Waals surface area contributed by atoms with E-state index in [0.717, 1.165) is 16.7 Å². The summed E-state index contributed by atoms with van der Waals surface area (Å²) >= 11 is 0. The zero-order valence-electron chi connectivity index (χ0n) is 22.9. The normalized spacial score (nSPS) is 11.9. The van der Waals surface area contributed by atoms with Crippen LogP contribution in [0.3, 0.4) is 0 Å². The Morgan fingerprint density at radius 3 is 2.14 bits per heavy atom. The molecule has 2 aromatic carbocycles. The summed E-state index contributed by atoms with van der Waals surface area (Å²) in [4.78, 5) is 42.9. The van der Waals surface area contributed by atoms with Gasteiger partial charge in [-0.1, -0.05) is 36.4 Å². The lowest BCUT2D eigenvalue weighted by atomic mass is 9.98. The third-order valence-corrected chi connectivity index (χ3v) is 5.67. The van der Waals surface area contributed by atoms with Gasteiger partial charge in [0, 0.05) is 25.2 Å². The summed E-state index contributed by atoms with van der Waals surface area (Å²) < 4.78 is 42.2. The number of methoxy groups -OCH3 is 2. The second-order valence-corrected chi connectivity index (χ2v) is 8.76. The lowest BCUT2D eigenvalue weighted by molar-refractivity contribution is -0.192. The second-order valence-electron chi connectivity index (χ2n) is 8.76. The van der Waals surface area contributed by atoms with Gasteiger partial charge in [-0.3, -0.25) is 19.9 Å². The molecule has 0 fully saturated rings. The number of carboxylic acids is 1. The molecule has 0 unspecified atom stereocenters. The fraction of sp³-hybridized carbons (Fsp3) is 0.276. The predicted octanol–water partition coefficient (Wildman–Crippen LogP) is 3.52. The Hall–Kier alpha value is -4.94. The van der Waals surface area contributed by atoms with Crippen LogP contribution >= 0.6 is 0 Å². The molecule has 0 spiro atoms.